The molecule has 7 heteroatoms. The normalized spacial score (nSPS) is 10.7. The summed E-state index contributed by atoms with van der Waals surface area (Å²) in [6.45, 7) is 3.62. The summed E-state index contributed by atoms with van der Waals surface area (Å²) in [5.41, 5.74) is 0. The first-order valence-electron chi connectivity index (χ1n) is 8.81. The molecule has 0 aliphatic carbocycles. The third kappa shape index (κ3) is 9.69. The minimum atomic E-state index is 0.176. The molecule has 148 valence electrons. The second-order valence-corrected chi connectivity index (χ2v) is 5.53. The molecular formula is C20H26O7. The molecule has 0 amide bonds. The van der Waals surface area contributed by atoms with E-state index in [2.05, 4.69) is 0 Å². The number of ether oxygens (including phenoxy) is 5. The van der Waals surface area contributed by atoms with Crippen LogP contribution in [-0.2, 0) is 14.2 Å². The number of phenolic OH excluding ortho intramolecular Hbond substituents is 2. The highest BCUT2D eigenvalue weighted by molar-refractivity contribution is 5.32. The fourth-order valence-electron chi connectivity index (χ4n) is 2.13. The quantitative estimate of drug-likeness (QED) is 0.489. The van der Waals surface area contributed by atoms with Crippen molar-refractivity contribution in [3.63, 3.8) is 0 Å². The lowest BCUT2D eigenvalue weighted by atomic mass is 10.3. The number of phenols is 2. The van der Waals surface area contributed by atoms with Crippen molar-refractivity contribution in [3.05, 3.63) is 48.5 Å². The van der Waals surface area contributed by atoms with Crippen molar-refractivity contribution in [2.24, 2.45) is 0 Å². The van der Waals surface area contributed by atoms with Crippen LogP contribution >= 0.6 is 0 Å². The van der Waals surface area contributed by atoms with Crippen LogP contribution in [-0.4, -0.2) is 63.1 Å². The van der Waals surface area contributed by atoms with Gasteiger partial charge in [-0.1, -0.05) is 12.1 Å². The smallest absolute Gasteiger partial charge is 0.123 e. The molecule has 27 heavy (non-hydrogen) atoms. The topological polar surface area (TPSA) is 86.6 Å². The third-order valence-electron chi connectivity index (χ3n) is 3.37. The van der Waals surface area contributed by atoms with E-state index in [0.717, 1.165) is 0 Å². The predicted molar refractivity (Wildman–Crippen MR) is 99.7 cm³/mol. The van der Waals surface area contributed by atoms with E-state index >= 15 is 0 Å². The lowest BCUT2D eigenvalue weighted by Gasteiger charge is -2.09. The zero-order valence-corrected chi connectivity index (χ0v) is 15.2. The third-order valence-corrected chi connectivity index (χ3v) is 3.37. The second kappa shape index (κ2) is 12.8. The van der Waals surface area contributed by atoms with E-state index < -0.39 is 0 Å². The average molecular weight is 378 g/mol. The van der Waals surface area contributed by atoms with Gasteiger partial charge in [0.05, 0.1) is 39.6 Å². The van der Waals surface area contributed by atoms with Crippen molar-refractivity contribution < 1.29 is 33.9 Å². The van der Waals surface area contributed by atoms with Crippen molar-refractivity contribution in [1.82, 2.24) is 0 Å². The van der Waals surface area contributed by atoms with E-state index in [9.17, 15) is 10.2 Å². The Labute approximate surface area is 159 Å². The van der Waals surface area contributed by atoms with Gasteiger partial charge in [-0.05, 0) is 24.3 Å². The Morgan fingerprint density at radius 1 is 0.519 bits per heavy atom. The lowest BCUT2D eigenvalue weighted by molar-refractivity contribution is 0.00497. The van der Waals surface area contributed by atoms with Gasteiger partial charge in [-0.2, -0.15) is 0 Å². The van der Waals surface area contributed by atoms with Gasteiger partial charge >= 0.3 is 0 Å². The lowest BCUT2D eigenvalue weighted by Crippen LogP contribution is -2.14. The zero-order chi connectivity index (χ0) is 19.2. The Bertz CT molecular complexity index is 592. The summed E-state index contributed by atoms with van der Waals surface area (Å²) in [4.78, 5) is 0. The second-order valence-electron chi connectivity index (χ2n) is 5.53. The molecule has 2 aromatic carbocycles. The molecule has 0 aliphatic heterocycles. The molecule has 0 fully saturated rings. The highest BCUT2D eigenvalue weighted by Gasteiger charge is 1.97. The molecular weight excluding hydrogens is 352 g/mol. The number of hydrogen-bond acceptors (Lipinski definition) is 7. The largest absolute Gasteiger partial charge is 0.508 e. The molecule has 0 saturated heterocycles. The molecule has 0 spiro atoms. The van der Waals surface area contributed by atoms with Crippen molar-refractivity contribution in [1.29, 1.82) is 0 Å². The molecule has 7 nitrogen and oxygen atoms in total. The minimum absolute atomic E-state index is 0.176. The van der Waals surface area contributed by atoms with Crippen LogP contribution in [0.1, 0.15) is 0 Å². The molecule has 2 N–H and O–H groups in total. The van der Waals surface area contributed by atoms with Crippen LogP contribution in [0.3, 0.4) is 0 Å². The fraction of sp³-hybridized carbons (Fsp3) is 0.400. The summed E-state index contributed by atoms with van der Waals surface area (Å²) < 4.78 is 27.1. The molecule has 0 aromatic heterocycles. The number of hydrogen-bond donors (Lipinski definition) is 2. The van der Waals surface area contributed by atoms with Crippen molar-refractivity contribution in [2.75, 3.05) is 52.9 Å². The number of benzene rings is 2. The van der Waals surface area contributed by atoms with Gasteiger partial charge in [-0.3, -0.25) is 0 Å². The number of aromatic hydroxyl groups is 2. The Kier molecular flexibility index (Phi) is 9.88. The Morgan fingerprint density at radius 3 is 1.26 bits per heavy atom. The summed E-state index contributed by atoms with van der Waals surface area (Å²) in [6, 6.07) is 13.3. The molecule has 0 radical (unpaired) electrons. The average Bonchev–Trinajstić information content (AvgIpc) is 2.65. The van der Waals surface area contributed by atoms with Gasteiger partial charge in [0.15, 0.2) is 0 Å². The maximum atomic E-state index is 9.31. The standard InChI is InChI=1S/C20H26O7/c21-17-3-1-5-19(15-17)26-13-11-24-9-7-23-8-10-25-12-14-27-20-6-2-4-18(22)16-20/h1-6,15-16,21-22H,7-14H2. The first-order valence-corrected chi connectivity index (χ1v) is 8.81. The van der Waals surface area contributed by atoms with Crippen molar-refractivity contribution in [2.45, 2.75) is 0 Å². The molecule has 0 aliphatic rings. The summed E-state index contributed by atoms with van der Waals surface area (Å²) in [5, 5.41) is 18.6. The van der Waals surface area contributed by atoms with Gasteiger partial charge in [-0.15, -0.1) is 0 Å². The Hall–Kier alpha value is -2.48. The highest BCUT2D eigenvalue weighted by Crippen LogP contribution is 2.18. The molecule has 0 unspecified atom stereocenters. The molecule has 0 saturated carbocycles. The van der Waals surface area contributed by atoms with Crippen molar-refractivity contribution in [3.8, 4) is 23.0 Å². The summed E-state index contributed by atoms with van der Waals surface area (Å²) in [6.07, 6.45) is 0. The molecule has 2 rings (SSSR count). The van der Waals surface area contributed by atoms with Crippen LogP contribution < -0.4 is 9.47 Å². The maximum Gasteiger partial charge on any atom is 0.123 e. The van der Waals surface area contributed by atoms with E-state index in [-0.39, 0.29) is 11.5 Å². The van der Waals surface area contributed by atoms with Crippen LogP contribution in [0.2, 0.25) is 0 Å². The van der Waals surface area contributed by atoms with E-state index in [1.807, 2.05) is 0 Å². The maximum absolute atomic E-state index is 9.31. The summed E-state index contributed by atoms with van der Waals surface area (Å²) in [5.74, 6) is 1.57. The molecule has 0 atom stereocenters. The van der Waals surface area contributed by atoms with Crippen LogP contribution in [0.25, 0.3) is 0 Å². The van der Waals surface area contributed by atoms with Gasteiger partial charge < -0.3 is 33.9 Å². The van der Waals surface area contributed by atoms with Crippen LogP contribution in [0.5, 0.6) is 23.0 Å². The summed E-state index contributed by atoms with van der Waals surface area (Å²) >= 11 is 0. The Morgan fingerprint density at radius 2 is 0.889 bits per heavy atom. The molecule has 0 bridgehead atoms. The number of rotatable bonds is 14. The van der Waals surface area contributed by atoms with Crippen LogP contribution in [0.15, 0.2) is 48.5 Å². The molecule has 2 aromatic rings. The zero-order valence-electron chi connectivity index (χ0n) is 15.2. The van der Waals surface area contributed by atoms with Crippen LogP contribution in [0, 0.1) is 0 Å². The minimum Gasteiger partial charge on any atom is -0.508 e. The first kappa shape index (κ1) is 20.8. The molecule has 0 heterocycles. The van der Waals surface area contributed by atoms with Gasteiger partial charge in [0, 0.05) is 12.1 Å². The SMILES string of the molecule is Oc1cccc(OCCOCCOCCOCCOc2cccc(O)c2)c1. The van der Waals surface area contributed by atoms with Crippen LogP contribution in [0.4, 0.5) is 0 Å². The van der Waals surface area contributed by atoms with Gasteiger partial charge in [0.25, 0.3) is 0 Å². The highest BCUT2D eigenvalue weighted by atomic mass is 16.6. The van der Waals surface area contributed by atoms with Crippen molar-refractivity contribution >= 4 is 0 Å². The predicted octanol–water partition coefficient (Wildman–Crippen LogP) is 2.61. The fourth-order valence-corrected chi connectivity index (χ4v) is 2.13. The van der Waals surface area contributed by atoms with E-state index in [1.165, 1.54) is 0 Å². The van der Waals surface area contributed by atoms with E-state index in [1.54, 1.807) is 48.5 Å². The van der Waals surface area contributed by atoms with Gasteiger partial charge in [-0.25, -0.2) is 0 Å². The van der Waals surface area contributed by atoms with E-state index in [0.29, 0.717) is 64.4 Å². The first-order chi connectivity index (χ1) is 13.2. The Balaban J connectivity index is 1.33. The van der Waals surface area contributed by atoms with E-state index in [4.69, 9.17) is 23.7 Å². The monoisotopic (exact) mass is 378 g/mol. The van der Waals surface area contributed by atoms with Gasteiger partial charge in [0.1, 0.15) is 36.2 Å². The van der Waals surface area contributed by atoms with Gasteiger partial charge in [0.2, 0.25) is 0 Å². The summed E-state index contributed by atoms with van der Waals surface area (Å²) in [7, 11) is 0.